The fraction of sp³-hybridized carbons (Fsp3) is 0.615. The molecule has 1 fully saturated rings. The minimum atomic E-state index is 0.275. The van der Waals surface area contributed by atoms with Crippen LogP contribution < -0.4 is 0 Å². The molecule has 3 unspecified atom stereocenters. The first-order valence-electron chi connectivity index (χ1n) is 5.86. The van der Waals surface area contributed by atoms with Crippen LogP contribution in [0.3, 0.4) is 0 Å². The summed E-state index contributed by atoms with van der Waals surface area (Å²) in [6.45, 7) is 4.58. The Labute approximate surface area is 115 Å². The Morgan fingerprint density at radius 1 is 1.38 bits per heavy atom. The van der Waals surface area contributed by atoms with Crippen LogP contribution in [0.4, 0.5) is 0 Å². The SMILES string of the molecule is CC1CCC(C(=O)c2csc(I)c2)CC1C. The second-order valence-electron chi connectivity index (χ2n) is 4.97. The Hall–Kier alpha value is 0.1000. The van der Waals surface area contributed by atoms with Crippen LogP contribution in [0.25, 0.3) is 0 Å². The lowest BCUT2D eigenvalue weighted by molar-refractivity contribution is 0.0838. The van der Waals surface area contributed by atoms with E-state index in [2.05, 4.69) is 36.4 Å². The van der Waals surface area contributed by atoms with Gasteiger partial charge in [0, 0.05) is 16.9 Å². The van der Waals surface area contributed by atoms with Gasteiger partial charge in [0.15, 0.2) is 5.78 Å². The van der Waals surface area contributed by atoms with Gasteiger partial charge in [-0.1, -0.05) is 13.8 Å². The number of hydrogen-bond donors (Lipinski definition) is 0. The summed E-state index contributed by atoms with van der Waals surface area (Å²) >= 11 is 3.94. The summed E-state index contributed by atoms with van der Waals surface area (Å²) in [6, 6.07) is 2.02. The molecule has 3 heteroatoms. The highest BCUT2D eigenvalue weighted by atomic mass is 127. The van der Waals surface area contributed by atoms with Gasteiger partial charge in [0.25, 0.3) is 0 Å². The van der Waals surface area contributed by atoms with Crippen molar-refractivity contribution in [3.63, 3.8) is 0 Å². The van der Waals surface area contributed by atoms with Crippen molar-refractivity contribution in [2.45, 2.75) is 33.1 Å². The van der Waals surface area contributed by atoms with Crippen LogP contribution in [0.1, 0.15) is 43.5 Å². The maximum atomic E-state index is 12.3. The number of halogens is 1. The fourth-order valence-corrected chi connectivity index (χ4v) is 3.80. The van der Waals surface area contributed by atoms with E-state index in [1.807, 2.05) is 11.4 Å². The molecule has 16 heavy (non-hydrogen) atoms. The van der Waals surface area contributed by atoms with Crippen LogP contribution in [0.5, 0.6) is 0 Å². The number of carbonyl (C=O) groups is 1. The monoisotopic (exact) mass is 348 g/mol. The van der Waals surface area contributed by atoms with Crippen molar-refractivity contribution in [1.29, 1.82) is 0 Å². The summed E-state index contributed by atoms with van der Waals surface area (Å²) in [5.74, 6) is 2.13. The van der Waals surface area contributed by atoms with Gasteiger partial charge in [0.2, 0.25) is 0 Å². The zero-order chi connectivity index (χ0) is 11.7. The smallest absolute Gasteiger partial charge is 0.166 e. The summed E-state index contributed by atoms with van der Waals surface area (Å²) < 4.78 is 1.21. The largest absolute Gasteiger partial charge is 0.294 e. The van der Waals surface area contributed by atoms with Gasteiger partial charge >= 0.3 is 0 Å². The van der Waals surface area contributed by atoms with Crippen LogP contribution in [-0.4, -0.2) is 5.78 Å². The number of rotatable bonds is 2. The average molecular weight is 348 g/mol. The van der Waals surface area contributed by atoms with Crippen molar-refractivity contribution in [2.75, 3.05) is 0 Å². The summed E-state index contributed by atoms with van der Waals surface area (Å²) in [6.07, 6.45) is 3.36. The average Bonchev–Trinajstić information content (AvgIpc) is 2.68. The van der Waals surface area contributed by atoms with Crippen LogP contribution >= 0.6 is 33.9 Å². The number of thiophene rings is 1. The molecule has 3 atom stereocenters. The van der Waals surface area contributed by atoms with E-state index in [0.717, 1.165) is 24.3 Å². The molecular weight excluding hydrogens is 331 g/mol. The van der Waals surface area contributed by atoms with Crippen molar-refractivity contribution in [2.24, 2.45) is 17.8 Å². The molecular formula is C13H17IOS. The predicted molar refractivity (Wildman–Crippen MR) is 77.0 cm³/mol. The molecule has 0 aliphatic heterocycles. The number of carbonyl (C=O) groups excluding carboxylic acids is 1. The molecule has 1 heterocycles. The lowest BCUT2D eigenvalue weighted by atomic mass is 9.74. The van der Waals surface area contributed by atoms with Gasteiger partial charge in [-0.25, -0.2) is 0 Å². The van der Waals surface area contributed by atoms with E-state index >= 15 is 0 Å². The Bertz CT molecular complexity index is 385. The van der Waals surface area contributed by atoms with Crippen molar-refractivity contribution in [1.82, 2.24) is 0 Å². The molecule has 1 nitrogen and oxygen atoms in total. The topological polar surface area (TPSA) is 17.1 Å². The highest BCUT2D eigenvalue weighted by Gasteiger charge is 2.29. The minimum Gasteiger partial charge on any atom is -0.294 e. The molecule has 1 saturated carbocycles. The zero-order valence-corrected chi connectivity index (χ0v) is 12.7. The molecule has 0 spiro atoms. The Balaban J connectivity index is 2.06. The molecule has 1 aromatic rings. The van der Waals surface area contributed by atoms with E-state index in [0.29, 0.717) is 11.7 Å². The van der Waals surface area contributed by atoms with E-state index in [-0.39, 0.29) is 5.92 Å². The minimum absolute atomic E-state index is 0.275. The quantitative estimate of drug-likeness (QED) is 0.564. The molecule has 0 bridgehead atoms. The van der Waals surface area contributed by atoms with Crippen LogP contribution in [0.2, 0.25) is 0 Å². The third-order valence-corrected chi connectivity index (χ3v) is 5.61. The first kappa shape index (κ1) is 12.6. The summed E-state index contributed by atoms with van der Waals surface area (Å²) in [5.41, 5.74) is 0.932. The second-order valence-corrected chi connectivity index (χ2v) is 7.77. The lowest BCUT2D eigenvalue weighted by Gasteiger charge is -2.31. The second kappa shape index (κ2) is 5.17. The molecule has 0 radical (unpaired) electrons. The molecule has 1 aliphatic carbocycles. The van der Waals surface area contributed by atoms with E-state index < -0.39 is 0 Å². The molecule has 0 saturated heterocycles. The zero-order valence-electron chi connectivity index (χ0n) is 9.70. The molecule has 2 rings (SSSR count). The van der Waals surface area contributed by atoms with E-state index in [1.165, 1.54) is 9.30 Å². The van der Waals surface area contributed by atoms with Gasteiger partial charge in [-0.15, -0.1) is 11.3 Å². The van der Waals surface area contributed by atoms with Crippen molar-refractivity contribution >= 4 is 39.7 Å². The van der Waals surface area contributed by atoms with Gasteiger partial charge in [0.1, 0.15) is 0 Å². The van der Waals surface area contributed by atoms with Crippen LogP contribution in [0, 0.1) is 20.6 Å². The molecule has 88 valence electrons. The summed E-state index contributed by atoms with van der Waals surface area (Å²) in [5, 5.41) is 2.01. The van der Waals surface area contributed by atoms with E-state index in [1.54, 1.807) is 11.3 Å². The van der Waals surface area contributed by atoms with E-state index in [4.69, 9.17) is 0 Å². The molecule has 0 N–H and O–H groups in total. The lowest BCUT2D eigenvalue weighted by Crippen LogP contribution is -2.26. The maximum absolute atomic E-state index is 12.3. The van der Waals surface area contributed by atoms with Gasteiger partial charge in [-0.3, -0.25) is 4.79 Å². The normalized spacial score (nSPS) is 30.3. The van der Waals surface area contributed by atoms with Crippen LogP contribution in [0.15, 0.2) is 11.4 Å². The maximum Gasteiger partial charge on any atom is 0.166 e. The Morgan fingerprint density at radius 2 is 2.12 bits per heavy atom. The summed E-state index contributed by atoms with van der Waals surface area (Å²) in [4.78, 5) is 12.3. The highest BCUT2D eigenvalue weighted by Crippen LogP contribution is 2.35. The van der Waals surface area contributed by atoms with Gasteiger partial charge in [0.05, 0.1) is 2.88 Å². The van der Waals surface area contributed by atoms with Crippen molar-refractivity contribution in [3.8, 4) is 0 Å². The first-order chi connectivity index (χ1) is 7.58. The van der Waals surface area contributed by atoms with Gasteiger partial charge < -0.3 is 0 Å². The molecule has 1 aliphatic rings. The van der Waals surface area contributed by atoms with Crippen molar-refractivity contribution < 1.29 is 4.79 Å². The van der Waals surface area contributed by atoms with Crippen LogP contribution in [-0.2, 0) is 0 Å². The van der Waals surface area contributed by atoms with Gasteiger partial charge in [-0.2, -0.15) is 0 Å². The predicted octanol–water partition coefficient (Wildman–Crippen LogP) is 4.61. The highest BCUT2D eigenvalue weighted by molar-refractivity contribution is 14.1. The van der Waals surface area contributed by atoms with Gasteiger partial charge in [-0.05, 0) is 59.8 Å². The number of hydrogen-bond acceptors (Lipinski definition) is 2. The third kappa shape index (κ3) is 2.67. The Morgan fingerprint density at radius 3 is 2.69 bits per heavy atom. The summed E-state index contributed by atoms with van der Waals surface area (Å²) in [7, 11) is 0. The number of ketones is 1. The molecule has 0 aromatic carbocycles. The molecule has 1 aromatic heterocycles. The fourth-order valence-electron chi connectivity index (χ4n) is 2.46. The first-order valence-corrected chi connectivity index (χ1v) is 7.82. The standard InChI is InChI=1S/C13H17IOS/c1-8-3-4-10(5-9(8)2)13(15)11-6-12(14)16-7-11/h6-10H,3-5H2,1-2H3. The third-order valence-electron chi connectivity index (χ3n) is 3.82. The molecule has 0 amide bonds. The Kier molecular flexibility index (Phi) is 4.06. The number of Topliss-reactive ketones (excluding diaryl/α,β-unsaturated/α-hetero) is 1. The van der Waals surface area contributed by atoms with E-state index in [9.17, 15) is 4.79 Å². The van der Waals surface area contributed by atoms with Crippen molar-refractivity contribution in [3.05, 3.63) is 19.9 Å².